The minimum atomic E-state index is -0.298. The first kappa shape index (κ1) is 13.7. The van der Waals surface area contributed by atoms with Crippen molar-refractivity contribution in [3.63, 3.8) is 0 Å². The fourth-order valence-corrected chi connectivity index (χ4v) is 2.39. The molecule has 1 aliphatic rings. The maximum atomic E-state index is 13.1. The molecule has 1 saturated heterocycles. The molecule has 1 N–H and O–H groups in total. The maximum Gasteiger partial charge on any atom is 0.276 e. The zero-order valence-corrected chi connectivity index (χ0v) is 11.7. The van der Waals surface area contributed by atoms with Crippen molar-refractivity contribution in [3.8, 4) is 5.69 Å². The summed E-state index contributed by atoms with van der Waals surface area (Å²) < 4.78 is 14.6. The summed E-state index contributed by atoms with van der Waals surface area (Å²) in [5.74, 6) is -0.420. The minimum absolute atomic E-state index is 0.123. The summed E-state index contributed by atoms with van der Waals surface area (Å²) in [4.78, 5) is 14.1. The van der Waals surface area contributed by atoms with Gasteiger partial charge in [-0.1, -0.05) is 5.21 Å². The van der Waals surface area contributed by atoms with Crippen molar-refractivity contribution < 1.29 is 9.18 Å². The highest BCUT2D eigenvalue weighted by Gasteiger charge is 2.21. The molecule has 21 heavy (non-hydrogen) atoms. The monoisotopic (exact) mass is 289 g/mol. The van der Waals surface area contributed by atoms with Crippen molar-refractivity contribution in [3.05, 3.63) is 41.5 Å². The van der Waals surface area contributed by atoms with Gasteiger partial charge >= 0.3 is 0 Å². The van der Waals surface area contributed by atoms with E-state index in [1.54, 1.807) is 24.1 Å². The number of hydrogen-bond acceptors (Lipinski definition) is 4. The molecule has 0 unspecified atom stereocenters. The van der Waals surface area contributed by atoms with Crippen LogP contribution in [0.25, 0.3) is 5.69 Å². The number of aromatic nitrogens is 3. The van der Waals surface area contributed by atoms with Gasteiger partial charge < -0.3 is 10.2 Å². The van der Waals surface area contributed by atoms with Crippen molar-refractivity contribution in [1.82, 2.24) is 25.2 Å². The minimum Gasteiger partial charge on any atom is -0.335 e. The topological polar surface area (TPSA) is 63.1 Å². The van der Waals surface area contributed by atoms with E-state index in [0.717, 1.165) is 18.7 Å². The number of carbonyl (C=O) groups excluding carboxylic acids is 1. The summed E-state index contributed by atoms with van der Waals surface area (Å²) in [6, 6.07) is 4.41. The number of piperazine rings is 1. The van der Waals surface area contributed by atoms with Gasteiger partial charge in [0.2, 0.25) is 0 Å². The van der Waals surface area contributed by atoms with E-state index in [0.29, 0.717) is 24.5 Å². The highest BCUT2D eigenvalue weighted by molar-refractivity contribution is 5.92. The SMILES string of the molecule is Cc1cc(F)ccc1-n1cc(C(=O)N2CCNCC2)nn1. The normalized spacial score (nSPS) is 15.2. The molecule has 0 atom stereocenters. The number of nitrogens with zero attached hydrogens (tertiary/aromatic N) is 4. The molecule has 3 rings (SSSR count). The molecule has 1 aliphatic heterocycles. The van der Waals surface area contributed by atoms with Gasteiger partial charge in [-0.25, -0.2) is 9.07 Å². The molecule has 0 spiro atoms. The largest absolute Gasteiger partial charge is 0.335 e. The fraction of sp³-hybridized carbons (Fsp3) is 0.357. The molecule has 110 valence electrons. The number of amides is 1. The lowest BCUT2D eigenvalue weighted by molar-refractivity contribution is 0.0730. The molecule has 1 fully saturated rings. The van der Waals surface area contributed by atoms with Crippen molar-refractivity contribution >= 4 is 5.91 Å². The second kappa shape index (κ2) is 5.61. The third-order valence-electron chi connectivity index (χ3n) is 3.52. The first-order chi connectivity index (χ1) is 10.1. The fourth-order valence-electron chi connectivity index (χ4n) is 2.39. The molecule has 0 aliphatic carbocycles. The number of halogens is 1. The van der Waals surface area contributed by atoms with Crippen LogP contribution in [-0.4, -0.2) is 52.0 Å². The number of aryl methyl sites for hydroxylation is 1. The van der Waals surface area contributed by atoms with Crippen LogP contribution in [0.4, 0.5) is 4.39 Å². The lowest BCUT2D eigenvalue weighted by Gasteiger charge is -2.26. The highest BCUT2D eigenvalue weighted by Crippen LogP contribution is 2.15. The highest BCUT2D eigenvalue weighted by atomic mass is 19.1. The predicted molar refractivity (Wildman–Crippen MR) is 74.8 cm³/mol. The molecule has 2 aromatic rings. The van der Waals surface area contributed by atoms with Crippen LogP contribution in [0.1, 0.15) is 16.1 Å². The number of carbonyl (C=O) groups is 1. The zero-order valence-electron chi connectivity index (χ0n) is 11.7. The van der Waals surface area contributed by atoms with Crippen LogP contribution in [0.3, 0.4) is 0 Å². The van der Waals surface area contributed by atoms with E-state index in [4.69, 9.17) is 0 Å². The third-order valence-corrected chi connectivity index (χ3v) is 3.52. The number of rotatable bonds is 2. The van der Waals surface area contributed by atoms with Crippen molar-refractivity contribution in [1.29, 1.82) is 0 Å². The number of benzene rings is 1. The smallest absolute Gasteiger partial charge is 0.276 e. The third kappa shape index (κ3) is 2.78. The molecule has 1 aromatic carbocycles. The molecule has 1 aromatic heterocycles. The summed E-state index contributed by atoms with van der Waals surface area (Å²) in [7, 11) is 0. The van der Waals surface area contributed by atoms with Crippen LogP contribution < -0.4 is 5.32 Å². The van der Waals surface area contributed by atoms with Gasteiger partial charge in [-0.3, -0.25) is 4.79 Å². The van der Waals surface area contributed by atoms with Crippen LogP contribution in [0, 0.1) is 12.7 Å². The van der Waals surface area contributed by atoms with Crippen LogP contribution in [0.15, 0.2) is 24.4 Å². The standard InChI is InChI=1S/C14H16FN5O/c1-10-8-11(15)2-3-13(10)20-9-12(17-18-20)14(21)19-6-4-16-5-7-19/h2-3,8-9,16H,4-7H2,1H3. The number of nitrogens with one attached hydrogen (secondary N) is 1. The van der Waals surface area contributed by atoms with Crippen molar-refractivity contribution in [2.45, 2.75) is 6.92 Å². The van der Waals surface area contributed by atoms with E-state index < -0.39 is 0 Å². The van der Waals surface area contributed by atoms with E-state index in [1.165, 1.54) is 16.8 Å². The Hall–Kier alpha value is -2.28. The Bertz CT molecular complexity index is 663. The van der Waals surface area contributed by atoms with E-state index in [-0.39, 0.29) is 11.7 Å². The van der Waals surface area contributed by atoms with Gasteiger partial charge in [0.15, 0.2) is 5.69 Å². The summed E-state index contributed by atoms with van der Waals surface area (Å²) in [6.45, 7) is 4.70. The van der Waals surface area contributed by atoms with Crippen molar-refractivity contribution in [2.24, 2.45) is 0 Å². The van der Waals surface area contributed by atoms with Crippen molar-refractivity contribution in [2.75, 3.05) is 26.2 Å². The maximum absolute atomic E-state index is 13.1. The first-order valence-electron chi connectivity index (χ1n) is 6.84. The first-order valence-corrected chi connectivity index (χ1v) is 6.84. The summed E-state index contributed by atoms with van der Waals surface area (Å²) >= 11 is 0. The second-order valence-corrected chi connectivity index (χ2v) is 5.02. The van der Waals surface area contributed by atoms with Gasteiger partial charge in [-0.05, 0) is 30.7 Å². The molecule has 7 heteroatoms. The van der Waals surface area contributed by atoms with E-state index in [2.05, 4.69) is 15.6 Å². The Morgan fingerprint density at radius 1 is 1.33 bits per heavy atom. The Labute approximate surface area is 121 Å². The Morgan fingerprint density at radius 3 is 2.81 bits per heavy atom. The summed E-state index contributed by atoms with van der Waals surface area (Å²) in [5, 5.41) is 11.1. The summed E-state index contributed by atoms with van der Waals surface area (Å²) in [5.41, 5.74) is 1.75. The van der Waals surface area contributed by atoms with E-state index in [1.807, 2.05) is 0 Å². The van der Waals surface area contributed by atoms with Crippen LogP contribution in [0.5, 0.6) is 0 Å². The van der Waals surface area contributed by atoms with Gasteiger partial charge in [0.25, 0.3) is 5.91 Å². The molecular formula is C14H16FN5O. The van der Waals surface area contributed by atoms with Gasteiger partial charge in [-0.2, -0.15) is 0 Å². The van der Waals surface area contributed by atoms with Gasteiger partial charge in [0, 0.05) is 26.2 Å². The Balaban J connectivity index is 1.84. The zero-order chi connectivity index (χ0) is 14.8. The number of hydrogen-bond donors (Lipinski definition) is 1. The van der Waals surface area contributed by atoms with Crippen LogP contribution in [-0.2, 0) is 0 Å². The average molecular weight is 289 g/mol. The molecule has 1 amide bonds. The summed E-state index contributed by atoms with van der Waals surface area (Å²) in [6.07, 6.45) is 1.59. The predicted octanol–water partition coefficient (Wildman–Crippen LogP) is 0.760. The lowest BCUT2D eigenvalue weighted by atomic mass is 10.2. The molecule has 0 radical (unpaired) electrons. The molecular weight excluding hydrogens is 273 g/mol. The molecule has 2 heterocycles. The van der Waals surface area contributed by atoms with Gasteiger partial charge in [0.1, 0.15) is 5.82 Å². The van der Waals surface area contributed by atoms with Gasteiger partial charge in [0.05, 0.1) is 11.9 Å². The molecule has 0 saturated carbocycles. The Morgan fingerprint density at radius 2 is 2.10 bits per heavy atom. The van der Waals surface area contributed by atoms with E-state index in [9.17, 15) is 9.18 Å². The van der Waals surface area contributed by atoms with E-state index >= 15 is 0 Å². The lowest BCUT2D eigenvalue weighted by Crippen LogP contribution is -2.46. The van der Waals surface area contributed by atoms with Crippen LogP contribution in [0.2, 0.25) is 0 Å². The average Bonchev–Trinajstić information content (AvgIpc) is 2.97. The molecule has 6 nitrogen and oxygen atoms in total. The quantitative estimate of drug-likeness (QED) is 0.886. The van der Waals surface area contributed by atoms with Crippen LogP contribution >= 0.6 is 0 Å². The Kier molecular flexibility index (Phi) is 3.66. The second-order valence-electron chi connectivity index (χ2n) is 5.02. The molecule has 0 bridgehead atoms. The van der Waals surface area contributed by atoms with Gasteiger partial charge in [-0.15, -0.1) is 5.10 Å².